The monoisotopic (exact) mass is 397 g/mol. The Bertz CT molecular complexity index is 684. The van der Waals surface area contributed by atoms with E-state index in [0.717, 1.165) is 14.9 Å². The minimum absolute atomic E-state index is 0.225. The molecule has 1 amide bonds. The first-order valence-electron chi connectivity index (χ1n) is 6.89. The number of hydrogen-bond acceptors (Lipinski definition) is 4. The van der Waals surface area contributed by atoms with Gasteiger partial charge in [-0.25, -0.2) is 4.79 Å². The highest BCUT2D eigenvalue weighted by molar-refractivity contribution is 9.10. The third-order valence-corrected chi connectivity index (χ3v) is 4.83. The molecule has 0 saturated heterocycles. The Kier molecular flexibility index (Phi) is 6.32. The number of benzene rings is 1. The summed E-state index contributed by atoms with van der Waals surface area (Å²) in [5.41, 5.74) is 1.01. The van der Waals surface area contributed by atoms with Gasteiger partial charge >= 0.3 is 5.97 Å². The van der Waals surface area contributed by atoms with Crippen molar-refractivity contribution in [2.45, 2.75) is 12.5 Å². The molecule has 5 nitrogen and oxygen atoms in total. The van der Waals surface area contributed by atoms with E-state index >= 15 is 0 Å². The molecular weight excluding hydrogens is 382 g/mol. The number of ether oxygens (including phenoxy) is 1. The number of hydrogen-bond donors (Lipinski definition) is 2. The first-order chi connectivity index (χ1) is 11.0. The number of carbonyl (C=O) groups is 2. The molecule has 1 atom stereocenters. The van der Waals surface area contributed by atoms with Gasteiger partial charge in [-0.3, -0.25) is 4.79 Å². The van der Waals surface area contributed by atoms with E-state index in [0.29, 0.717) is 4.88 Å². The lowest BCUT2D eigenvalue weighted by atomic mass is 10.2. The number of amides is 1. The molecule has 1 unspecified atom stereocenters. The minimum atomic E-state index is -1.07. The van der Waals surface area contributed by atoms with Crippen molar-refractivity contribution in [3.63, 3.8) is 0 Å². The molecule has 0 spiro atoms. The zero-order valence-corrected chi connectivity index (χ0v) is 14.8. The average Bonchev–Trinajstić information content (AvgIpc) is 3.01. The maximum atomic E-state index is 12.2. The number of carbonyl (C=O) groups excluding carboxylic acids is 1. The molecule has 0 fully saturated rings. The van der Waals surface area contributed by atoms with Crippen LogP contribution < -0.4 is 5.32 Å². The molecule has 1 aromatic heterocycles. The van der Waals surface area contributed by atoms with Gasteiger partial charge < -0.3 is 15.2 Å². The summed E-state index contributed by atoms with van der Waals surface area (Å²) in [7, 11) is 1.49. The fraction of sp³-hybridized carbons (Fsp3) is 0.250. The summed E-state index contributed by atoms with van der Waals surface area (Å²) < 4.78 is 5.85. The van der Waals surface area contributed by atoms with Crippen molar-refractivity contribution in [1.29, 1.82) is 0 Å². The van der Waals surface area contributed by atoms with Crippen molar-refractivity contribution in [3.05, 3.63) is 45.7 Å². The van der Waals surface area contributed by atoms with E-state index in [1.807, 2.05) is 30.3 Å². The van der Waals surface area contributed by atoms with Crippen LogP contribution in [0.25, 0.3) is 10.4 Å². The number of carboxylic acids is 1. The molecule has 0 saturated carbocycles. The first-order valence-corrected chi connectivity index (χ1v) is 8.50. The zero-order valence-electron chi connectivity index (χ0n) is 12.4. The van der Waals surface area contributed by atoms with Crippen LogP contribution in [0.4, 0.5) is 0 Å². The molecule has 0 radical (unpaired) electrons. The van der Waals surface area contributed by atoms with Crippen LogP contribution in [0.1, 0.15) is 16.1 Å². The molecule has 0 bridgehead atoms. The lowest BCUT2D eigenvalue weighted by Crippen LogP contribution is -2.41. The fourth-order valence-electron chi connectivity index (χ4n) is 1.95. The van der Waals surface area contributed by atoms with Crippen molar-refractivity contribution in [2.24, 2.45) is 0 Å². The van der Waals surface area contributed by atoms with Crippen molar-refractivity contribution >= 4 is 39.1 Å². The van der Waals surface area contributed by atoms with Crippen LogP contribution in [0.2, 0.25) is 0 Å². The Morgan fingerprint density at radius 1 is 1.26 bits per heavy atom. The maximum Gasteiger partial charge on any atom is 0.326 e. The van der Waals surface area contributed by atoms with Gasteiger partial charge in [0.05, 0.1) is 4.88 Å². The number of halogens is 1. The first kappa shape index (κ1) is 17.7. The topological polar surface area (TPSA) is 75.6 Å². The molecule has 1 heterocycles. The van der Waals surface area contributed by atoms with Gasteiger partial charge in [0.25, 0.3) is 5.91 Å². The van der Waals surface area contributed by atoms with Gasteiger partial charge in [0.1, 0.15) is 6.04 Å². The molecule has 7 heteroatoms. The summed E-state index contributed by atoms with van der Waals surface area (Å²) in [4.78, 5) is 24.8. The SMILES string of the molecule is COCCC(NC(=O)c1ccc(-c2ccc(Br)cc2)s1)C(=O)O. The summed E-state index contributed by atoms with van der Waals surface area (Å²) in [5, 5.41) is 11.7. The molecule has 1 aromatic carbocycles. The predicted molar refractivity (Wildman–Crippen MR) is 92.8 cm³/mol. The van der Waals surface area contributed by atoms with E-state index in [2.05, 4.69) is 21.2 Å². The second kappa shape index (κ2) is 8.24. The van der Waals surface area contributed by atoms with E-state index in [9.17, 15) is 9.59 Å². The van der Waals surface area contributed by atoms with E-state index in [1.165, 1.54) is 18.4 Å². The van der Waals surface area contributed by atoms with Crippen molar-refractivity contribution in [2.75, 3.05) is 13.7 Å². The molecular formula is C16H16BrNO4S. The van der Waals surface area contributed by atoms with E-state index in [-0.39, 0.29) is 18.9 Å². The Labute approximate surface area is 146 Å². The summed E-state index contributed by atoms with van der Waals surface area (Å²) in [6, 6.07) is 10.4. The van der Waals surface area contributed by atoms with Crippen LogP contribution in [0.5, 0.6) is 0 Å². The van der Waals surface area contributed by atoms with Crippen LogP contribution in [-0.2, 0) is 9.53 Å². The molecule has 122 valence electrons. The third-order valence-electron chi connectivity index (χ3n) is 3.17. The van der Waals surface area contributed by atoms with Crippen LogP contribution in [0, 0.1) is 0 Å². The Hall–Kier alpha value is -1.70. The van der Waals surface area contributed by atoms with Gasteiger partial charge in [0.2, 0.25) is 0 Å². The van der Waals surface area contributed by atoms with Crippen molar-refractivity contribution < 1.29 is 19.4 Å². The van der Waals surface area contributed by atoms with E-state index in [4.69, 9.17) is 9.84 Å². The highest BCUT2D eigenvalue weighted by Gasteiger charge is 2.21. The highest BCUT2D eigenvalue weighted by atomic mass is 79.9. The number of carboxylic acid groups (broad SMARTS) is 1. The Balaban J connectivity index is 2.08. The molecule has 2 aromatic rings. The number of thiophene rings is 1. The normalized spacial score (nSPS) is 11.9. The van der Waals surface area contributed by atoms with Crippen LogP contribution in [0.3, 0.4) is 0 Å². The lowest BCUT2D eigenvalue weighted by Gasteiger charge is -2.13. The average molecular weight is 398 g/mol. The highest BCUT2D eigenvalue weighted by Crippen LogP contribution is 2.29. The quantitative estimate of drug-likeness (QED) is 0.750. The van der Waals surface area contributed by atoms with Crippen LogP contribution in [0.15, 0.2) is 40.9 Å². The third kappa shape index (κ3) is 4.89. The van der Waals surface area contributed by atoms with Crippen LogP contribution in [-0.4, -0.2) is 36.7 Å². The van der Waals surface area contributed by atoms with E-state index in [1.54, 1.807) is 6.07 Å². The van der Waals surface area contributed by atoms with Gasteiger partial charge in [-0.15, -0.1) is 11.3 Å². The van der Waals surface area contributed by atoms with Crippen molar-refractivity contribution in [1.82, 2.24) is 5.32 Å². The van der Waals surface area contributed by atoms with Gasteiger partial charge in [0, 0.05) is 29.5 Å². The fourth-order valence-corrected chi connectivity index (χ4v) is 3.13. The standard InChI is InChI=1S/C16H16BrNO4S/c1-22-9-8-12(16(20)21)18-15(19)14-7-6-13(23-14)10-2-4-11(17)5-3-10/h2-7,12H,8-9H2,1H3,(H,18,19)(H,20,21). The molecule has 0 aliphatic rings. The zero-order chi connectivity index (χ0) is 16.8. The molecule has 0 aliphatic carbocycles. The summed E-state index contributed by atoms with van der Waals surface area (Å²) >= 11 is 4.71. The number of methoxy groups -OCH3 is 1. The van der Waals surface area contributed by atoms with Gasteiger partial charge in [-0.1, -0.05) is 28.1 Å². The second-order valence-corrected chi connectivity index (χ2v) is 6.82. The smallest absolute Gasteiger partial charge is 0.326 e. The number of nitrogens with one attached hydrogen (secondary N) is 1. The maximum absolute atomic E-state index is 12.2. The van der Waals surface area contributed by atoms with E-state index < -0.39 is 12.0 Å². The second-order valence-electron chi connectivity index (χ2n) is 4.82. The lowest BCUT2D eigenvalue weighted by molar-refractivity contribution is -0.139. The van der Waals surface area contributed by atoms with Gasteiger partial charge in [0.15, 0.2) is 0 Å². The predicted octanol–water partition coefficient (Wildman–Crippen LogP) is 3.40. The molecule has 2 rings (SSSR count). The number of rotatable bonds is 7. The molecule has 0 aliphatic heterocycles. The Morgan fingerprint density at radius 2 is 1.96 bits per heavy atom. The minimum Gasteiger partial charge on any atom is -0.480 e. The van der Waals surface area contributed by atoms with Gasteiger partial charge in [-0.2, -0.15) is 0 Å². The Morgan fingerprint density at radius 3 is 2.57 bits per heavy atom. The largest absolute Gasteiger partial charge is 0.480 e. The van der Waals surface area contributed by atoms with Crippen LogP contribution >= 0.6 is 27.3 Å². The van der Waals surface area contributed by atoms with Gasteiger partial charge in [-0.05, 0) is 29.8 Å². The summed E-state index contributed by atoms with van der Waals surface area (Å²) in [6.45, 7) is 0.270. The summed E-state index contributed by atoms with van der Waals surface area (Å²) in [6.07, 6.45) is 0.225. The number of aliphatic carboxylic acids is 1. The summed E-state index contributed by atoms with van der Waals surface area (Å²) in [5.74, 6) is -1.46. The molecule has 23 heavy (non-hydrogen) atoms. The molecule has 2 N–H and O–H groups in total. The van der Waals surface area contributed by atoms with Crippen molar-refractivity contribution in [3.8, 4) is 10.4 Å².